The van der Waals surface area contributed by atoms with E-state index in [0.29, 0.717) is 29.5 Å². The zero-order valence-corrected chi connectivity index (χ0v) is 13.9. The zero-order valence-electron chi connectivity index (χ0n) is 13.9. The van der Waals surface area contributed by atoms with Crippen LogP contribution >= 0.6 is 0 Å². The van der Waals surface area contributed by atoms with Crippen molar-refractivity contribution in [3.8, 4) is 0 Å². The van der Waals surface area contributed by atoms with Crippen LogP contribution in [0.2, 0.25) is 0 Å². The highest BCUT2D eigenvalue weighted by atomic mass is 16.1. The number of nitrogens with two attached hydrogens (primary N) is 1. The van der Waals surface area contributed by atoms with Crippen molar-refractivity contribution in [2.45, 2.75) is 6.54 Å². The molecular formula is C18H17N7O. The van der Waals surface area contributed by atoms with Crippen molar-refractivity contribution in [3.05, 3.63) is 67.0 Å². The molecule has 0 spiro atoms. The second-order valence-electron chi connectivity index (χ2n) is 5.79. The van der Waals surface area contributed by atoms with Crippen LogP contribution in [0.15, 0.2) is 72.0 Å². The maximum atomic E-state index is 11.4. The molecule has 0 bridgehead atoms. The van der Waals surface area contributed by atoms with E-state index in [9.17, 15) is 4.79 Å². The summed E-state index contributed by atoms with van der Waals surface area (Å²) in [5, 5.41) is 7.87. The summed E-state index contributed by atoms with van der Waals surface area (Å²) >= 11 is 0. The number of imidazole rings is 1. The number of anilines is 1. The summed E-state index contributed by atoms with van der Waals surface area (Å²) in [5.74, 6) is 0.516. The zero-order chi connectivity index (χ0) is 17.9. The lowest BCUT2D eigenvalue weighted by Gasteiger charge is -2.07. The van der Waals surface area contributed by atoms with Gasteiger partial charge >= 0.3 is 0 Å². The molecule has 1 aliphatic carbocycles. The van der Waals surface area contributed by atoms with Crippen molar-refractivity contribution in [1.29, 1.82) is 0 Å². The number of ketones is 1. The van der Waals surface area contributed by atoms with E-state index in [4.69, 9.17) is 5.73 Å². The number of nitrogens with one attached hydrogen (secondary N) is 1. The van der Waals surface area contributed by atoms with Gasteiger partial charge in [-0.05, 0) is 24.3 Å². The molecule has 26 heavy (non-hydrogen) atoms. The molecule has 0 unspecified atom stereocenters. The SMILES string of the molecule is NC1=CC(=O)C=CC1=Nc1c(NCCn2ccnc2)nn2ccccc12. The minimum Gasteiger partial charge on any atom is -0.397 e. The number of carbonyl (C=O) groups excluding carboxylic acids is 1. The largest absolute Gasteiger partial charge is 0.397 e. The van der Waals surface area contributed by atoms with Crippen LogP contribution in [0, 0.1) is 0 Å². The Morgan fingerprint density at radius 2 is 2.15 bits per heavy atom. The monoisotopic (exact) mass is 347 g/mol. The molecule has 3 N–H and O–H groups in total. The minimum absolute atomic E-state index is 0.139. The molecule has 0 radical (unpaired) electrons. The maximum Gasteiger partial charge on any atom is 0.180 e. The molecular weight excluding hydrogens is 330 g/mol. The molecule has 4 rings (SSSR count). The van der Waals surface area contributed by atoms with Crippen LogP contribution < -0.4 is 11.1 Å². The van der Waals surface area contributed by atoms with Gasteiger partial charge in [-0.25, -0.2) is 14.5 Å². The number of aliphatic imine (C=N–C) groups is 1. The quantitative estimate of drug-likeness (QED) is 0.684. The van der Waals surface area contributed by atoms with Crippen LogP contribution in [0.3, 0.4) is 0 Å². The van der Waals surface area contributed by atoms with Crippen LogP contribution in [-0.2, 0) is 11.3 Å². The fourth-order valence-electron chi connectivity index (χ4n) is 2.69. The fraction of sp³-hybridized carbons (Fsp3) is 0.111. The molecule has 1 aliphatic rings. The van der Waals surface area contributed by atoms with E-state index in [0.717, 1.165) is 12.1 Å². The Morgan fingerprint density at radius 3 is 2.96 bits per heavy atom. The summed E-state index contributed by atoms with van der Waals surface area (Å²) in [4.78, 5) is 20.1. The normalized spacial score (nSPS) is 15.6. The van der Waals surface area contributed by atoms with Gasteiger partial charge in [0.2, 0.25) is 0 Å². The van der Waals surface area contributed by atoms with Gasteiger partial charge in [-0.2, -0.15) is 0 Å². The molecule has 0 aliphatic heterocycles. The van der Waals surface area contributed by atoms with Crippen molar-refractivity contribution >= 4 is 28.5 Å². The molecule has 8 nitrogen and oxygen atoms in total. The number of hydrogen-bond acceptors (Lipinski definition) is 6. The van der Waals surface area contributed by atoms with Gasteiger partial charge in [0.05, 0.1) is 23.3 Å². The summed E-state index contributed by atoms with van der Waals surface area (Å²) in [6.07, 6.45) is 11.7. The Balaban J connectivity index is 1.67. The van der Waals surface area contributed by atoms with Crippen molar-refractivity contribution < 1.29 is 4.79 Å². The lowest BCUT2D eigenvalue weighted by Crippen LogP contribution is -2.15. The Hall–Kier alpha value is -3.68. The van der Waals surface area contributed by atoms with Gasteiger partial charge in [0.25, 0.3) is 0 Å². The van der Waals surface area contributed by atoms with Gasteiger partial charge in [0, 0.05) is 37.8 Å². The van der Waals surface area contributed by atoms with Crippen LogP contribution in [-0.4, -0.2) is 37.2 Å². The first-order chi connectivity index (χ1) is 12.7. The Bertz CT molecular complexity index is 1040. The maximum absolute atomic E-state index is 11.4. The summed E-state index contributed by atoms with van der Waals surface area (Å²) in [5.41, 5.74) is 8.36. The third kappa shape index (κ3) is 3.12. The van der Waals surface area contributed by atoms with Crippen LogP contribution in [0.25, 0.3) is 5.52 Å². The lowest BCUT2D eigenvalue weighted by atomic mass is 10.1. The van der Waals surface area contributed by atoms with Crippen molar-refractivity contribution in [2.75, 3.05) is 11.9 Å². The van der Waals surface area contributed by atoms with Crippen LogP contribution in [0.1, 0.15) is 0 Å². The average molecular weight is 347 g/mol. The van der Waals surface area contributed by atoms with E-state index in [1.807, 2.05) is 35.2 Å². The number of rotatable bonds is 5. The molecule has 3 heterocycles. The molecule has 8 heteroatoms. The Labute approximate surface area is 149 Å². The second-order valence-corrected chi connectivity index (χ2v) is 5.79. The molecule has 0 fully saturated rings. The number of fused-ring (bicyclic) bond motifs is 1. The predicted octanol–water partition coefficient (Wildman–Crippen LogP) is 1.70. The molecule has 3 aromatic heterocycles. The van der Waals surface area contributed by atoms with Gasteiger partial charge in [0.1, 0.15) is 5.69 Å². The third-order valence-corrected chi connectivity index (χ3v) is 3.97. The van der Waals surface area contributed by atoms with Crippen molar-refractivity contribution in [1.82, 2.24) is 19.2 Å². The van der Waals surface area contributed by atoms with Crippen LogP contribution in [0.4, 0.5) is 11.5 Å². The van der Waals surface area contributed by atoms with E-state index in [1.54, 1.807) is 23.1 Å². The van der Waals surface area contributed by atoms with Gasteiger partial charge in [-0.3, -0.25) is 4.79 Å². The highest BCUT2D eigenvalue weighted by molar-refractivity contribution is 6.20. The molecule has 3 aromatic rings. The number of hydrogen-bond donors (Lipinski definition) is 2. The number of carbonyl (C=O) groups is 1. The lowest BCUT2D eigenvalue weighted by molar-refractivity contribution is -0.110. The number of pyridine rings is 1. The van der Waals surface area contributed by atoms with Crippen molar-refractivity contribution in [3.63, 3.8) is 0 Å². The predicted molar refractivity (Wildman–Crippen MR) is 99.4 cm³/mol. The summed E-state index contributed by atoms with van der Waals surface area (Å²) in [7, 11) is 0. The van der Waals surface area contributed by atoms with Crippen LogP contribution in [0.5, 0.6) is 0 Å². The van der Waals surface area contributed by atoms with Gasteiger partial charge in [-0.15, -0.1) is 5.10 Å². The molecule has 0 atom stereocenters. The van der Waals surface area contributed by atoms with E-state index >= 15 is 0 Å². The summed E-state index contributed by atoms with van der Waals surface area (Å²) in [6.45, 7) is 1.41. The molecule has 0 saturated carbocycles. The first-order valence-electron chi connectivity index (χ1n) is 8.16. The summed E-state index contributed by atoms with van der Waals surface area (Å²) < 4.78 is 3.74. The molecule has 0 aromatic carbocycles. The van der Waals surface area contributed by atoms with Crippen molar-refractivity contribution in [2.24, 2.45) is 10.7 Å². The van der Waals surface area contributed by atoms with E-state index in [-0.39, 0.29) is 5.78 Å². The standard InChI is InChI=1S/C18H17N7O/c19-14-11-13(26)4-5-15(14)22-17-16-3-1-2-8-25(16)23-18(17)21-7-10-24-9-6-20-12-24/h1-6,8-9,11-12H,7,10,19H2,(H,21,23). The Kier molecular flexibility index (Phi) is 4.06. The topological polar surface area (TPSA) is 103 Å². The smallest absolute Gasteiger partial charge is 0.180 e. The number of aromatic nitrogens is 4. The minimum atomic E-state index is -0.139. The van der Waals surface area contributed by atoms with Gasteiger partial charge in [-0.1, -0.05) is 6.07 Å². The number of nitrogens with zero attached hydrogens (tertiary/aromatic N) is 5. The molecule has 130 valence electrons. The third-order valence-electron chi connectivity index (χ3n) is 3.97. The van der Waals surface area contributed by atoms with Gasteiger partial charge in [0.15, 0.2) is 11.6 Å². The van der Waals surface area contributed by atoms with E-state index in [1.165, 1.54) is 12.2 Å². The highest BCUT2D eigenvalue weighted by Crippen LogP contribution is 2.30. The average Bonchev–Trinajstić information content (AvgIpc) is 3.26. The molecule has 0 amide bonds. The highest BCUT2D eigenvalue weighted by Gasteiger charge is 2.15. The number of allylic oxidation sites excluding steroid dienone is 3. The first-order valence-corrected chi connectivity index (χ1v) is 8.16. The first kappa shape index (κ1) is 15.8. The fourth-order valence-corrected chi connectivity index (χ4v) is 2.69. The van der Waals surface area contributed by atoms with E-state index in [2.05, 4.69) is 20.4 Å². The second kappa shape index (κ2) is 6.67. The Morgan fingerprint density at radius 1 is 1.23 bits per heavy atom. The molecule has 0 saturated heterocycles. The van der Waals surface area contributed by atoms with Gasteiger partial charge < -0.3 is 15.6 Å². The summed E-state index contributed by atoms with van der Waals surface area (Å²) in [6, 6.07) is 5.76. The van der Waals surface area contributed by atoms with E-state index < -0.39 is 0 Å².